The van der Waals surface area contributed by atoms with Crippen molar-refractivity contribution in [3.8, 4) is 0 Å². The van der Waals surface area contributed by atoms with Crippen molar-refractivity contribution in [2.45, 2.75) is 64.3 Å². The Bertz CT molecular complexity index is 395. The van der Waals surface area contributed by atoms with Gasteiger partial charge in [0, 0.05) is 16.2 Å². The van der Waals surface area contributed by atoms with Crippen LogP contribution < -0.4 is 5.32 Å². The van der Waals surface area contributed by atoms with Gasteiger partial charge in [-0.25, -0.2) is 0 Å². The van der Waals surface area contributed by atoms with Gasteiger partial charge in [0.25, 0.3) is 0 Å². The van der Waals surface area contributed by atoms with Crippen molar-refractivity contribution < 1.29 is 0 Å². The van der Waals surface area contributed by atoms with Crippen LogP contribution >= 0.6 is 11.8 Å². The minimum Gasteiger partial charge on any atom is -0.312 e. The fraction of sp³-hybridized carbons (Fsp3) is 0.667. The van der Waals surface area contributed by atoms with E-state index >= 15 is 0 Å². The average molecular weight is 294 g/mol. The highest BCUT2D eigenvalue weighted by atomic mass is 32.2. The zero-order valence-electron chi connectivity index (χ0n) is 14.2. The van der Waals surface area contributed by atoms with Gasteiger partial charge in [-0.3, -0.25) is 0 Å². The lowest BCUT2D eigenvalue weighted by molar-refractivity contribution is 0.395. The molecule has 1 aromatic rings. The molecule has 0 spiro atoms. The number of hydrogen-bond acceptors (Lipinski definition) is 2. The lowest BCUT2D eigenvalue weighted by atomic mass is 9.87. The van der Waals surface area contributed by atoms with Crippen molar-refractivity contribution in [1.29, 1.82) is 0 Å². The maximum absolute atomic E-state index is 3.57. The Hall–Kier alpha value is -0.470. The smallest absolute Gasteiger partial charge is 0.00966 e. The van der Waals surface area contributed by atoms with E-state index in [1.165, 1.54) is 10.5 Å². The van der Waals surface area contributed by atoms with Crippen LogP contribution in [0.5, 0.6) is 0 Å². The molecule has 0 saturated heterocycles. The second-order valence-electron chi connectivity index (χ2n) is 7.82. The zero-order chi connectivity index (χ0) is 15.4. The molecule has 0 saturated carbocycles. The quantitative estimate of drug-likeness (QED) is 0.758. The first-order valence-corrected chi connectivity index (χ1v) is 8.55. The number of rotatable bonds is 5. The molecule has 0 radical (unpaired) electrons. The van der Waals surface area contributed by atoms with Gasteiger partial charge in [-0.05, 0) is 56.3 Å². The van der Waals surface area contributed by atoms with Crippen LogP contribution in [0.1, 0.15) is 54.0 Å². The monoisotopic (exact) mass is 293 g/mol. The zero-order valence-corrected chi connectivity index (χ0v) is 15.0. The van der Waals surface area contributed by atoms with Gasteiger partial charge in [0.05, 0.1) is 0 Å². The lowest BCUT2D eigenvalue weighted by Gasteiger charge is -2.23. The van der Waals surface area contributed by atoms with E-state index in [1.807, 2.05) is 11.8 Å². The van der Waals surface area contributed by atoms with Crippen molar-refractivity contribution in [1.82, 2.24) is 5.32 Å². The Balaban J connectivity index is 2.42. The summed E-state index contributed by atoms with van der Waals surface area (Å²) in [5, 5.41) is 3.57. The Morgan fingerprint density at radius 1 is 1.00 bits per heavy atom. The van der Waals surface area contributed by atoms with Crippen LogP contribution in [-0.2, 0) is 5.41 Å². The van der Waals surface area contributed by atoms with Crippen LogP contribution in [0.2, 0.25) is 0 Å². The average Bonchev–Trinajstić information content (AvgIpc) is 2.32. The second-order valence-corrected chi connectivity index (χ2v) is 8.91. The van der Waals surface area contributed by atoms with E-state index in [0.717, 1.165) is 12.3 Å². The van der Waals surface area contributed by atoms with Gasteiger partial charge in [-0.2, -0.15) is 0 Å². The van der Waals surface area contributed by atoms with E-state index in [1.54, 1.807) is 0 Å². The van der Waals surface area contributed by atoms with Gasteiger partial charge >= 0.3 is 0 Å². The van der Waals surface area contributed by atoms with Crippen molar-refractivity contribution in [2.24, 2.45) is 5.92 Å². The highest BCUT2D eigenvalue weighted by molar-refractivity contribution is 7.99. The Morgan fingerprint density at radius 2 is 1.55 bits per heavy atom. The molecule has 1 N–H and O–H groups in total. The summed E-state index contributed by atoms with van der Waals surface area (Å²) in [6.07, 6.45) is 0. The molecule has 0 bridgehead atoms. The third-order valence-corrected chi connectivity index (χ3v) is 4.58. The normalized spacial score (nSPS) is 14.3. The molecular formula is C18H31NS. The second kappa shape index (κ2) is 7.00. The van der Waals surface area contributed by atoms with Gasteiger partial charge in [-0.1, -0.05) is 39.8 Å². The van der Waals surface area contributed by atoms with Crippen molar-refractivity contribution in [3.63, 3.8) is 0 Å². The van der Waals surface area contributed by atoms with Crippen LogP contribution in [0.4, 0.5) is 0 Å². The lowest BCUT2D eigenvalue weighted by Crippen LogP contribution is -2.39. The van der Waals surface area contributed by atoms with Crippen LogP contribution in [0.15, 0.2) is 29.2 Å². The molecule has 0 aromatic heterocycles. The highest BCUT2D eigenvalue weighted by Gasteiger charge is 2.14. The molecular weight excluding hydrogens is 262 g/mol. The van der Waals surface area contributed by atoms with E-state index in [4.69, 9.17) is 0 Å². The summed E-state index contributed by atoms with van der Waals surface area (Å²) in [5.74, 6) is 1.85. The predicted octanol–water partition coefficient (Wildman–Crippen LogP) is 5.10. The van der Waals surface area contributed by atoms with E-state index in [9.17, 15) is 0 Å². The fourth-order valence-corrected chi connectivity index (χ4v) is 2.75. The van der Waals surface area contributed by atoms with Crippen molar-refractivity contribution >= 4 is 11.8 Å². The molecule has 1 unspecified atom stereocenters. The Labute approximate surface area is 129 Å². The first-order valence-electron chi connectivity index (χ1n) is 7.56. The third-order valence-electron chi connectivity index (χ3n) is 3.24. The largest absolute Gasteiger partial charge is 0.312 e. The van der Waals surface area contributed by atoms with E-state index < -0.39 is 0 Å². The number of benzene rings is 1. The van der Waals surface area contributed by atoms with Crippen LogP contribution in [0.3, 0.4) is 0 Å². The topological polar surface area (TPSA) is 12.0 Å². The van der Waals surface area contributed by atoms with Crippen LogP contribution in [-0.4, -0.2) is 17.8 Å². The molecule has 1 rings (SSSR count). The first kappa shape index (κ1) is 17.6. The van der Waals surface area contributed by atoms with Gasteiger partial charge < -0.3 is 5.32 Å². The van der Waals surface area contributed by atoms with Gasteiger partial charge in [0.15, 0.2) is 0 Å². The fourth-order valence-electron chi connectivity index (χ4n) is 1.83. The molecule has 114 valence electrons. The summed E-state index contributed by atoms with van der Waals surface area (Å²) in [4.78, 5) is 1.38. The van der Waals surface area contributed by atoms with Crippen molar-refractivity contribution in [3.05, 3.63) is 29.8 Å². The number of nitrogens with one attached hydrogen (secondary N) is 1. The number of hydrogen-bond donors (Lipinski definition) is 1. The molecule has 0 amide bonds. The molecule has 0 aliphatic heterocycles. The van der Waals surface area contributed by atoms with E-state index in [-0.39, 0.29) is 11.0 Å². The summed E-state index contributed by atoms with van der Waals surface area (Å²) >= 11 is 1.96. The molecule has 1 nitrogen and oxygen atoms in total. The maximum Gasteiger partial charge on any atom is 0.00966 e. The molecule has 0 fully saturated rings. The predicted molar refractivity (Wildman–Crippen MR) is 92.8 cm³/mol. The van der Waals surface area contributed by atoms with Crippen LogP contribution in [0.25, 0.3) is 0 Å². The van der Waals surface area contributed by atoms with E-state index in [2.05, 4.69) is 78.0 Å². The molecule has 20 heavy (non-hydrogen) atoms. The Kier molecular flexibility index (Phi) is 6.15. The molecule has 2 heteroatoms. The van der Waals surface area contributed by atoms with Gasteiger partial charge in [0.2, 0.25) is 0 Å². The summed E-state index contributed by atoms with van der Waals surface area (Å²) in [6, 6.07) is 9.05. The molecule has 1 aromatic carbocycles. The third kappa shape index (κ3) is 6.81. The van der Waals surface area contributed by atoms with Crippen molar-refractivity contribution in [2.75, 3.05) is 12.3 Å². The molecule has 1 atom stereocenters. The van der Waals surface area contributed by atoms with Gasteiger partial charge in [0.1, 0.15) is 0 Å². The Morgan fingerprint density at radius 3 is 2.00 bits per heavy atom. The summed E-state index contributed by atoms with van der Waals surface area (Å²) in [7, 11) is 0. The summed E-state index contributed by atoms with van der Waals surface area (Å²) in [6.45, 7) is 16.8. The van der Waals surface area contributed by atoms with Crippen LogP contribution in [0, 0.1) is 5.92 Å². The van der Waals surface area contributed by atoms with E-state index in [0.29, 0.717) is 5.92 Å². The maximum atomic E-state index is 3.57. The molecule has 0 heterocycles. The standard InChI is InChI=1S/C18H31NS/c1-14(12-19-18(5,6)7)13-20-16-10-8-15(9-11-16)17(2,3)4/h8-11,14,19H,12-13H2,1-7H3. The minimum absolute atomic E-state index is 0.216. The first-order chi connectivity index (χ1) is 9.08. The molecule has 0 aliphatic carbocycles. The SMILES string of the molecule is CC(CNC(C)(C)C)CSc1ccc(C(C)(C)C)cc1. The highest BCUT2D eigenvalue weighted by Crippen LogP contribution is 2.26. The molecule has 0 aliphatic rings. The summed E-state index contributed by atoms with van der Waals surface area (Å²) in [5.41, 5.74) is 1.87. The van der Waals surface area contributed by atoms with Gasteiger partial charge in [-0.15, -0.1) is 11.8 Å². The number of thioether (sulfide) groups is 1. The summed E-state index contributed by atoms with van der Waals surface area (Å²) < 4.78 is 0. The minimum atomic E-state index is 0.216.